The fourth-order valence-electron chi connectivity index (χ4n) is 8.14. The molecular formula is C36H49FO. The second-order valence-corrected chi connectivity index (χ2v) is 12.9. The molecule has 2 aromatic carbocycles. The average molecular weight is 517 g/mol. The van der Waals surface area contributed by atoms with Crippen LogP contribution in [0.25, 0.3) is 0 Å². The Hall–Kier alpha value is -1.96. The van der Waals surface area contributed by atoms with E-state index in [-0.39, 0.29) is 5.78 Å². The van der Waals surface area contributed by atoms with E-state index < -0.39 is 17.0 Å². The van der Waals surface area contributed by atoms with Gasteiger partial charge in [-0.3, -0.25) is 4.79 Å². The third-order valence-corrected chi connectivity index (χ3v) is 10.7. The Morgan fingerprint density at radius 1 is 0.632 bits per heavy atom. The van der Waals surface area contributed by atoms with E-state index in [1.54, 1.807) is 0 Å². The van der Waals surface area contributed by atoms with Crippen molar-refractivity contribution in [3.8, 4) is 0 Å². The predicted octanol–water partition coefficient (Wildman–Crippen LogP) is 10.1. The maximum Gasteiger partial charge on any atom is 0.151 e. The fraction of sp³-hybridized carbons (Fsp3) is 0.639. The Balaban J connectivity index is 1.13. The van der Waals surface area contributed by atoms with Crippen molar-refractivity contribution in [2.75, 3.05) is 0 Å². The highest BCUT2D eigenvalue weighted by Crippen LogP contribution is 2.66. The molecular weight excluding hydrogens is 467 g/mol. The van der Waals surface area contributed by atoms with Gasteiger partial charge in [-0.25, -0.2) is 4.39 Å². The van der Waals surface area contributed by atoms with Crippen LogP contribution in [0, 0.1) is 10.8 Å². The first kappa shape index (κ1) is 27.6. The summed E-state index contributed by atoms with van der Waals surface area (Å²) in [5, 5.41) is 0. The molecule has 206 valence electrons. The van der Waals surface area contributed by atoms with Gasteiger partial charge < -0.3 is 0 Å². The van der Waals surface area contributed by atoms with Crippen molar-refractivity contribution in [3.63, 3.8) is 0 Å². The monoisotopic (exact) mass is 516 g/mol. The number of aryl methyl sites for hydroxylation is 2. The molecule has 0 radical (unpaired) electrons. The number of alkyl halides is 1. The third kappa shape index (κ3) is 5.26. The molecule has 3 aliphatic carbocycles. The van der Waals surface area contributed by atoms with Crippen LogP contribution in [0.3, 0.4) is 0 Å². The van der Waals surface area contributed by atoms with Crippen LogP contribution in [0.4, 0.5) is 4.39 Å². The number of hydrogen-bond donors (Lipinski definition) is 0. The SMILES string of the molecule is CCCCCc1ccc(C2CCC3(CC2)C(=O)C2(CCC(c4ccc(CCCCC)cc4)CC2)C3F)cc1. The zero-order chi connectivity index (χ0) is 26.6. The number of Topliss-reactive ketones (excluding diaryl/α,β-unsaturated/α-hetero) is 1. The normalized spacial score (nSPS) is 31.0. The molecule has 0 aromatic heterocycles. The molecule has 0 saturated heterocycles. The summed E-state index contributed by atoms with van der Waals surface area (Å²) in [6.07, 6.45) is 15.7. The summed E-state index contributed by atoms with van der Waals surface area (Å²) in [6.45, 7) is 4.49. The predicted molar refractivity (Wildman–Crippen MR) is 157 cm³/mol. The molecule has 3 saturated carbocycles. The summed E-state index contributed by atoms with van der Waals surface area (Å²) in [4.78, 5) is 13.7. The lowest BCUT2D eigenvalue weighted by Gasteiger charge is -2.61. The number of hydrogen-bond acceptors (Lipinski definition) is 1. The maximum absolute atomic E-state index is 16.1. The van der Waals surface area contributed by atoms with Crippen molar-refractivity contribution in [2.45, 2.75) is 135 Å². The smallest absolute Gasteiger partial charge is 0.151 e. The first-order valence-electron chi connectivity index (χ1n) is 15.9. The van der Waals surface area contributed by atoms with Gasteiger partial charge >= 0.3 is 0 Å². The van der Waals surface area contributed by atoms with Crippen molar-refractivity contribution in [1.29, 1.82) is 0 Å². The minimum Gasteiger partial charge on any atom is -0.298 e. The number of rotatable bonds is 10. The van der Waals surface area contributed by atoms with Crippen LogP contribution in [0.15, 0.2) is 48.5 Å². The molecule has 0 aliphatic heterocycles. The summed E-state index contributed by atoms with van der Waals surface area (Å²) in [5.41, 5.74) is 4.26. The van der Waals surface area contributed by atoms with Crippen LogP contribution in [-0.2, 0) is 17.6 Å². The summed E-state index contributed by atoms with van der Waals surface area (Å²) >= 11 is 0. The molecule has 0 N–H and O–H groups in total. The third-order valence-electron chi connectivity index (χ3n) is 10.7. The molecule has 0 atom stereocenters. The van der Waals surface area contributed by atoms with Gasteiger partial charge in [0.2, 0.25) is 0 Å². The highest BCUT2D eigenvalue weighted by atomic mass is 19.1. The van der Waals surface area contributed by atoms with Gasteiger partial charge in [0.05, 0.1) is 10.8 Å². The Labute approximate surface area is 231 Å². The Kier molecular flexibility index (Phi) is 8.75. The Morgan fingerprint density at radius 3 is 1.32 bits per heavy atom. The fourth-order valence-corrected chi connectivity index (χ4v) is 8.14. The van der Waals surface area contributed by atoms with E-state index in [4.69, 9.17) is 0 Å². The van der Waals surface area contributed by atoms with Gasteiger partial charge in [0.15, 0.2) is 5.78 Å². The molecule has 5 rings (SSSR count). The maximum atomic E-state index is 16.1. The largest absolute Gasteiger partial charge is 0.298 e. The zero-order valence-corrected chi connectivity index (χ0v) is 24.0. The first-order valence-corrected chi connectivity index (χ1v) is 15.9. The summed E-state index contributed by atoms with van der Waals surface area (Å²) in [7, 11) is 0. The van der Waals surface area contributed by atoms with E-state index in [2.05, 4.69) is 62.4 Å². The number of benzene rings is 2. The molecule has 2 spiro atoms. The minimum absolute atomic E-state index is 0.284. The van der Waals surface area contributed by atoms with E-state index >= 15 is 4.39 Å². The van der Waals surface area contributed by atoms with Gasteiger partial charge in [-0.1, -0.05) is 88.1 Å². The van der Waals surface area contributed by atoms with E-state index in [1.165, 1.54) is 60.8 Å². The second-order valence-electron chi connectivity index (χ2n) is 12.9. The Bertz CT molecular complexity index is 952. The van der Waals surface area contributed by atoms with E-state index in [9.17, 15) is 4.79 Å². The van der Waals surface area contributed by atoms with E-state index in [1.807, 2.05) is 0 Å². The van der Waals surface area contributed by atoms with Gasteiger partial charge in [0.1, 0.15) is 6.17 Å². The molecule has 2 heteroatoms. The minimum atomic E-state index is -0.939. The van der Waals surface area contributed by atoms with Crippen molar-refractivity contribution in [1.82, 2.24) is 0 Å². The number of carbonyl (C=O) groups is 1. The van der Waals surface area contributed by atoms with Crippen molar-refractivity contribution in [3.05, 3.63) is 70.8 Å². The summed E-state index contributed by atoms with van der Waals surface area (Å²) in [6, 6.07) is 18.3. The van der Waals surface area contributed by atoms with Crippen LogP contribution in [-0.4, -0.2) is 12.0 Å². The Morgan fingerprint density at radius 2 is 1.00 bits per heavy atom. The van der Waals surface area contributed by atoms with E-state index in [0.717, 1.165) is 64.2 Å². The van der Waals surface area contributed by atoms with Gasteiger partial charge in [-0.05, 0) is 111 Å². The summed E-state index contributed by atoms with van der Waals surface area (Å²) in [5.74, 6) is 1.23. The van der Waals surface area contributed by atoms with Crippen LogP contribution >= 0.6 is 0 Å². The van der Waals surface area contributed by atoms with Gasteiger partial charge in [0, 0.05) is 0 Å². The van der Waals surface area contributed by atoms with Crippen molar-refractivity contribution in [2.24, 2.45) is 10.8 Å². The van der Waals surface area contributed by atoms with Crippen LogP contribution in [0.2, 0.25) is 0 Å². The lowest BCUT2D eigenvalue weighted by atomic mass is 9.41. The molecule has 2 aromatic rings. The molecule has 0 bridgehead atoms. The first-order chi connectivity index (χ1) is 18.5. The lowest BCUT2D eigenvalue weighted by molar-refractivity contribution is -0.191. The second kappa shape index (κ2) is 12.1. The molecule has 1 nitrogen and oxygen atoms in total. The van der Waals surface area contributed by atoms with Crippen LogP contribution in [0.5, 0.6) is 0 Å². The number of unbranched alkanes of at least 4 members (excludes halogenated alkanes) is 4. The molecule has 38 heavy (non-hydrogen) atoms. The van der Waals surface area contributed by atoms with E-state index in [0.29, 0.717) is 11.8 Å². The van der Waals surface area contributed by atoms with Crippen LogP contribution < -0.4 is 0 Å². The van der Waals surface area contributed by atoms with Gasteiger partial charge in [0.25, 0.3) is 0 Å². The number of halogens is 1. The number of ketones is 1. The quantitative estimate of drug-likeness (QED) is 0.287. The molecule has 0 amide bonds. The molecule has 3 fully saturated rings. The zero-order valence-electron chi connectivity index (χ0n) is 24.0. The lowest BCUT2D eigenvalue weighted by Crippen LogP contribution is -2.69. The summed E-state index contributed by atoms with van der Waals surface area (Å²) < 4.78 is 16.1. The van der Waals surface area contributed by atoms with Crippen molar-refractivity contribution >= 4 is 5.78 Å². The van der Waals surface area contributed by atoms with Gasteiger partial charge in [-0.2, -0.15) is 0 Å². The molecule has 3 aliphatic rings. The van der Waals surface area contributed by atoms with Crippen molar-refractivity contribution < 1.29 is 9.18 Å². The van der Waals surface area contributed by atoms with Crippen LogP contribution in [0.1, 0.15) is 138 Å². The molecule has 0 heterocycles. The topological polar surface area (TPSA) is 17.1 Å². The highest BCUT2D eigenvalue weighted by molar-refractivity contribution is 5.98. The van der Waals surface area contributed by atoms with Gasteiger partial charge in [-0.15, -0.1) is 0 Å². The number of carbonyl (C=O) groups excluding carboxylic acids is 1. The average Bonchev–Trinajstić information content (AvgIpc) is 2.98. The molecule has 0 unspecified atom stereocenters. The highest BCUT2D eigenvalue weighted by Gasteiger charge is 2.71. The standard InChI is InChI=1S/C36H49FO/c1-3-5-7-9-27-11-15-29(16-12-27)31-19-23-35(24-20-31)33(37)36(34(35)38)25-21-32(22-26-36)30-17-13-28(14-18-30)10-8-6-4-2/h11-18,31-33H,3-10,19-26H2,1-2H3.